The van der Waals surface area contributed by atoms with Crippen LogP contribution in [0.15, 0.2) is 84.2 Å². The van der Waals surface area contributed by atoms with E-state index in [9.17, 15) is 4.79 Å². The van der Waals surface area contributed by atoms with Crippen molar-refractivity contribution in [2.45, 2.75) is 39.7 Å². The van der Waals surface area contributed by atoms with E-state index in [1.807, 2.05) is 45.3 Å². The second kappa shape index (κ2) is 11.1. The molecule has 190 valence electrons. The van der Waals surface area contributed by atoms with Gasteiger partial charge >= 0.3 is 0 Å². The van der Waals surface area contributed by atoms with Crippen LogP contribution in [0.25, 0.3) is 5.57 Å². The van der Waals surface area contributed by atoms with Crippen molar-refractivity contribution < 1.29 is 9.53 Å². The molecule has 0 heterocycles. The van der Waals surface area contributed by atoms with Crippen LogP contribution < -0.4 is 20.7 Å². The minimum Gasteiger partial charge on any atom is -0.489 e. The first-order valence-corrected chi connectivity index (χ1v) is 13.0. The lowest BCUT2D eigenvalue weighted by molar-refractivity contribution is -0.121. The van der Waals surface area contributed by atoms with Crippen LogP contribution in [0.4, 0.5) is 0 Å². The Morgan fingerprint density at radius 1 is 1.11 bits per heavy atom. The van der Waals surface area contributed by atoms with Crippen molar-refractivity contribution in [2.75, 3.05) is 20.6 Å². The number of nitrogens with one attached hydrogen (secondary N) is 3. The van der Waals surface area contributed by atoms with Gasteiger partial charge in [0, 0.05) is 49.4 Å². The summed E-state index contributed by atoms with van der Waals surface area (Å²) in [6, 6.07) is 18.6. The Morgan fingerprint density at radius 3 is 2.53 bits per heavy atom. The molecule has 0 bridgehead atoms. The predicted octanol–water partition coefficient (Wildman–Crippen LogP) is 5.43. The number of hydrogen-bond donors (Lipinski definition) is 3. The third kappa shape index (κ3) is 5.20. The summed E-state index contributed by atoms with van der Waals surface area (Å²) in [5.74, 6) is 2.01. The van der Waals surface area contributed by atoms with E-state index in [4.69, 9.17) is 4.74 Å². The molecule has 2 aromatic rings. The van der Waals surface area contributed by atoms with Gasteiger partial charge in [0.2, 0.25) is 5.91 Å². The van der Waals surface area contributed by atoms with Crippen molar-refractivity contribution in [3.05, 3.63) is 95.3 Å². The minimum absolute atomic E-state index is 0.130. The lowest BCUT2D eigenvalue weighted by Gasteiger charge is -2.46. The van der Waals surface area contributed by atoms with Gasteiger partial charge in [0.05, 0.1) is 0 Å². The third-order valence-electron chi connectivity index (χ3n) is 7.74. The van der Waals surface area contributed by atoms with Crippen molar-refractivity contribution >= 4 is 11.5 Å². The van der Waals surface area contributed by atoms with Gasteiger partial charge in [-0.25, -0.2) is 0 Å². The van der Waals surface area contributed by atoms with Gasteiger partial charge in [0.15, 0.2) is 0 Å². The second-order valence-electron chi connectivity index (χ2n) is 10.1. The normalized spacial score (nSPS) is 22.9. The molecule has 5 nitrogen and oxygen atoms in total. The Bertz CT molecular complexity index is 1160. The monoisotopic (exact) mass is 485 g/mol. The molecule has 1 fully saturated rings. The van der Waals surface area contributed by atoms with Gasteiger partial charge in [-0.05, 0) is 53.5 Å². The molecule has 36 heavy (non-hydrogen) atoms. The fourth-order valence-corrected chi connectivity index (χ4v) is 5.50. The Hall–Kier alpha value is -3.47. The maximum Gasteiger partial charge on any atom is 0.219 e. The van der Waals surface area contributed by atoms with Gasteiger partial charge in [-0.15, -0.1) is 0 Å². The van der Waals surface area contributed by atoms with Crippen LogP contribution in [-0.4, -0.2) is 26.5 Å². The maximum absolute atomic E-state index is 11.7. The first kappa shape index (κ1) is 25.6. The lowest BCUT2D eigenvalue weighted by atomic mass is 9.60. The summed E-state index contributed by atoms with van der Waals surface area (Å²) < 4.78 is 6.14. The molecule has 1 amide bonds. The number of likely N-dealkylation sites (N-methyl/N-ethyl adjacent to an activating group) is 1. The van der Waals surface area contributed by atoms with Gasteiger partial charge in [0.25, 0.3) is 0 Å². The van der Waals surface area contributed by atoms with Crippen LogP contribution in [-0.2, 0) is 11.4 Å². The molecule has 2 aromatic carbocycles. The lowest BCUT2D eigenvalue weighted by Crippen LogP contribution is -2.44. The van der Waals surface area contributed by atoms with Crippen LogP contribution in [0.3, 0.4) is 0 Å². The number of rotatable bonds is 11. The average molecular weight is 486 g/mol. The molecule has 0 aromatic heterocycles. The zero-order valence-corrected chi connectivity index (χ0v) is 22.0. The molecular weight excluding hydrogens is 446 g/mol. The third-order valence-corrected chi connectivity index (χ3v) is 7.74. The summed E-state index contributed by atoms with van der Waals surface area (Å²) in [7, 11) is 3.93. The standard InChI is InChI=1S/C31H39N3O2/c1-6-28(35)34-19-23-15-25(16-23)31(3)18-27(29(21(2)32-4)30(31)33-5)24-13-10-14-26(17-24)36-20-22-11-8-7-9-12-22/h7-14,17-18,23,25,32-33H,2,6,15-16,19-20H2,1,3-5H3,(H,34,35). The molecule has 4 rings (SSSR count). The van der Waals surface area contributed by atoms with Crippen molar-refractivity contribution in [3.8, 4) is 5.75 Å². The Labute approximate surface area is 215 Å². The molecule has 2 aliphatic carbocycles. The highest BCUT2D eigenvalue weighted by Crippen LogP contribution is 2.56. The van der Waals surface area contributed by atoms with Crippen LogP contribution >= 0.6 is 0 Å². The van der Waals surface area contributed by atoms with Crippen LogP contribution in [0, 0.1) is 17.3 Å². The van der Waals surface area contributed by atoms with E-state index in [2.05, 4.69) is 65.9 Å². The topological polar surface area (TPSA) is 62.4 Å². The molecule has 0 spiro atoms. The number of carbonyl (C=O) groups is 1. The van der Waals surface area contributed by atoms with Crippen molar-refractivity contribution in [2.24, 2.45) is 17.3 Å². The van der Waals surface area contributed by atoms with Gasteiger partial charge in [-0.1, -0.05) is 69.0 Å². The van der Waals surface area contributed by atoms with E-state index in [0.29, 0.717) is 24.9 Å². The first-order valence-electron chi connectivity index (χ1n) is 13.0. The van der Waals surface area contributed by atoms with Crippen molar-refractivity contribution in [1.82, 2.24) is 16.0 Å². The summed E-state index contributed by atoms with van der Waals surface area (Å²) in [5.41, 5.74) is 6.54. The van der Waals surface area contributed by atoms with E-state index < -0.39 is 0 Å². The van der Waals surface area contributed by atoms with Gasteiger partial charge in [0.1, 0.15) is 12.4 Å². The zero-order valence-electron chi connectivity index (χ0n) is 22.0. The fourth-order valence-electron chi connectivity index (χ4n) is 5.50. The van der Waals surface area contributed by atoms with Gasteiger partial charge < -0.3 is 20.7 Å². The summed E-state index contributed by atoms with van der Waals surface area (Å²) in [5, 5.41) is 9.87. The molecule has 5 heteroatoms. The van der Waals surface area contributed by atoms with Gasteiger partial charge in [-0.2, -0.15) is 0 Å². The van der Waals surface area contributed by atoms with E-state index in [-0.39, 0.29) is 11.3 Å². The SMILES string of the molecule is C=C(NC)C1=C(NC)C(C)(C2CC(CNC(=O)CC)C2)C=C1c1cccc(OCc2ccccc2)c1. The van der Waals surface area contributed by atoms with Crippen molar-refractivity contribution in [3.63, 3.8) is 0 Å². The fraction of sp³-hybridized carbons (Fsp3) is 0.387. The van der Waals surface area contributed by atoms with Gasteiger partial charge in [-0.3, -0.25) is 4.79 Å². The molecule has 0 radical (unpaired) electrons. The van der Waals surface area contributed by atoms with Crippen LogP contribution in [0.1, 0.15) is 44.2 Å². The highest BCUT2D eigenvalue weighted by atomic mass is 16.5. The molecule has 3 N–H and O–H groups in total. The molecular formula is C31H39N3O2. The van der Waals surface area contributed by atoms with Crippen LogP contribution in [0.2, 0.25) is 0 Å². The molecule has 1 atom stereocenters. The largest absolute Gasteiger partial charge is 0.489 e. The summed E-state index contributed by atoms with van der Waals surface area (Å²) >= 11 is 0. The molecule has 0 saturated heterocycles. The molecule has 1 unspecified atom stereocenters. The van der Waals surface area contributed by atoms with E-state index in [1.54, 1.807) is 0 Å². The Morgan fingerprint density at radius 2 is 1.86 bits per heavy atom. The smallest absolute Gasteiger partial charge is 0.219 e. The number of amides is 1. The summed E-state index contributed by atoms with van der Waals surface area (Å²) in [4.78, 5) is 11.7. The maximum atomic E-state index is 11.7. The Kier molecular flexibility index (Phi) is 7.88. The van der Waals surface area contributed by atoms with Crippen LogP contribution in [0.5, 0.6) is 5.75 Å². The molecule has 1 saturated carbocycles. The predicted molar refractivity (Wildman–Crippen MR) is 147 cm³/mol. The van der Waals surface area contributed by atoms with Crippen molar-refractivity contribution in [1.29, 1.82) is 0 Å². The summed E-state index contributed by atoms with van der Waals surface area (Å²) in [6.07, 6.45) is 5.14. The molecule has 2 aliphatic rings. The Balaban J connectivity index is 1.59. The summed E-state index contributed by atoms with van der Waals surface area (Å²) in [6.45, 7) is 9.87. The van der Waals surface area contributed by atoms with E-state index in [0.717, 1.165) is 47.5 Å². The molecule has 0 aliphatic heterocycles. The first-order chi connectivity index (χ1) is 17.4. The number of benzene rings is 2. The average Bonchev–Trinajstić information content (AvgIpc) is 3.19. The second-order valence-corrected chi connectivity index (χ2v) is 10.1. The van der Waals surface area contributed by atoms with E-state index >= 15 is 0 Å². The number of hydrogen-bond acceptors (Lipinski definition) is 4. The zero-order chi connectivity index (χ0) is 25.7. The number of allylic oxidation sites excluding steroid dienone is 2. The number of ether oxygens (including phenoxy) is 1. The highest BCUT2D eigenvalue weighted by Gasteiger charge is 2.48. The highest BCUT2D eigenvalue weighted by molar-refractivity contribution is 5.88. The van der Waals surface area contributed by atoms with E-state index in [1.165, 1.54) is 11.3 Å². The number of carbonyl (C=O) groups excluding carboxylic acids is 1. The quantitative estimate of drug-likeness (QED) is 0.397. The minimum atomic E-state index is -0.134.